The van der Waals surface area contributed by atoms with Gasteiger partial charge in [0, 0.05) is 35.5 Å². The molecule has 0 spiro atoms. The molecule has 7 rings (SSSR count). The number of ether oxygens (including phenoxy) is 3. The number of thioether (sulfide) groups is 3. The Bertz CT molecular complexity index is 2040. The molecule has 0 aliphatic carbocycles. The van der Waals surface area contributed by atoms with Crippen molar-refractivity contribution in [2.75, 3.05) is 56.9 Å². The highest BCUT2D eigenvalue weighted by Crippen LogP contribution is 2.42. The van der Waals surface area contributed by atoms with E-state index in [-0.39, 0.29) is 68.3 Å². The van der Waals surface area contributed by atoms with Crippen molar-refractivity contribution in [2.45, 2.75) is 34.2 Å². The molecule has 6 amide bonds. The number of rotatable bonds is 18. The number of nitrogens with zero attached hydrogens (tertiary/aromatic N) is 3. The van der Waals surface area contributed by atoms with Gasteiger partial charge in [0.1, 0.15) is 68.6 Å². The van der Waals surface area contributed by atoms with Gasteiger partial charge in [-0.25, -0.2) is 14.4 Å². The van der Waals surface area contributed by atoms with Crippen LogP contribution >= 0.6 is 35.3 Å². The van der Waals surface area contributed by atoms with E-state index in [1.54, 1.807) is 0 Å². The lowest BCUT2D eigenvalue weighted by atomic mass is 10.0. The molecular weight excluding hydrogens is 901 g/mol. The Hall–Kier alpha value is -6.00. The van der Waals surface area contributed by atoms with E-state index in [9.17, 15) is 73.8 Å². The number of carbonyl (C=O) groups is 9. The molecule has 6 aliphatic heterocycles. The fourth-order valence-corrected chi connectivity index (χ4v) is 11.3. The van der Waals surface area contributed by atoms with Crippen molar-refractivity contribution in [3.05, 3.63) is 52.0 Å². The first-order valence-corrected chi connectivity index (χ1v) is 21.7. The molecule has 3 saturated heterocycles. The van der Waals surface area contributed by atoms with Crippen LogP contribution in [0.4, 0.5) is 0 Å². The second kappa shape index (κ2) is 18.4. The number of aliphatic carboxylic acids is 3. The molecular formula is C36H36N6O18S3. The quantitative estimate of drug-likeness (QED) is 0.0634. The summed E-state index contributed by atoms with van der Waals surface area (Å²) in [7, 11) is 0. The Balaban J connectivity index is 0.991. The highest BCUT2D eigenvalue weighted by atomic mass is 32.2. The fourth-order valence-electron chi connectivity index (χ4n) is 7.30. The van der Waals surface area contributed by atoms with Crippen LogP contribution in [0.15, 0.2) is 52.0 Å². The molecule has 6 atom stereocenters. The number of hydrogen-bond acceptors (Lipinski definition) is 18. The number of carboxylic acids is 3. The van der Waals surface area contributed by atoms with Gasteiger partial charge in [-0.2, -0.15) is 0 Å². The van der Waals surface area contributed by atoms with Crippen LogP contribution in [0.25, 0.3) is 0 Å². The van der Waals surface area contributed by atoms with Gasteiger partial charge in [-0.1, -0.05) is 0 Å². The van der Waals surface area contributed by atoms with Gasteiger partial charge >= 0.3 is 17.9 Å². The predicted molar refractivity (Wildman–Crippen MR) is 213 cm³/mol. The zero-order chi connectivity index (χ0) is 45.4. The highest BCUT2D eigenvalue weighted by Gasteiger charge is 2.56. The Morgan fingerprint density at radius 3 is 0.984 bits per heavy atom. The number of β-lactam (4-membered cyclic amide) rings is 3. The molecule has 0 radical (unpaired) electrons. The van der Waals surface area contributed by atoms with E-state index in [2.05, 4.69) is 16.0 Å². The van der Waals surface area contributed by atoms with E-state index in [1.807, 2.05) is 0 Å². The Labute approximate surface area is 366 Å². The van der Waals surface area contributed by atoms with E-state index >= 15 is 0 Å². The molecule has 63 heavy (non-hydrogen) atoms. The number of aliphatic hydroxyl groups is 3. The number of carbonyl (C=O) groups excluding carboxylic acids is 6. The first-order chi connectivity index (χ1) is 30.1. The van der Waals surface area contributed by atoms with E-state index in [0.717, 1.165) is 50.0 Å². The number of amides is 6. The summed E-state index contributed by atoms with van der Waals surface area (Å²) in [5.74, 6) is -8.78. The minimum Gasteiger partial charge on any atom is -0.484 e. The number of carboxylic acid groups (broad SMARTS) is 3. The summed E-state index contributed by atoms with van der Waals surface area (Å²) in [4.78, 5) is 116. The molecule has 6 aliphatic rings. The standard InChI is InChI=1S/C36H36N6O18S3/c43-4-13-10-61-31-22(28(49)40(31)25(13)34(52)53)37-19(46)7-58-16-1-17(59-8-20(47)38-23-29(50)41-26(35(54)55)14(5-44)11-62-32(23)41)3-18(2-16)60-9-21(48)39-24-30(51)42-27(36(56)57)15(6-45)12-63-33(24)42/h1-3,22-24,31-33,43-45H,4-12H2,(H,37,46)(H,38,47)(H,39,48)(H,52,53)(H,54,55)(H,56,57)/t22-,23-,24-,31-,32-,33-/m1/s1. The van der Waals surface area contributed by atoms with Crippen molar-refractivity contribution in [2.24, 2.45) is 0 Å². The second-order valence-corrected chi connectivity index (χ2v) is 17.4. The molecule has 1 aromatic rings. The van der Waals surface area contributed by atoms with Gasteiger partial charge in [-0.15, -0.1) is 35.3 Å². The van der Waals surface area contributed by atoms with Crippen LogP contribution in [-0.2, 0) is 43.2 Å². The topological polar surface area (TPSA) is 349 Å². The molecule has 1 aromatic carbocycles. The molecule has 3 fully saturated rings. The second-order valence-electron chi connectivity index (χ2n) is 14.1. The monoisotopic (exact) mass is 936 g/mol. The van der Waals surface area contributed by atoms with Crippen LogP contribution in [0.3, 0.4) is 0 Å². The SMILES string of the molecule is O=C(COc1cc(OCC(=O)N[C@@H]2C(=O)N3C(C(=O)O)=C(CO)CS[C@H]23)cc(OCC(=O)N[C@@H]2C(=O)N3C(C(=O)O)=C(CO)CS[C@H]23)c1)N[C@@H]1C(=O)N2C(C(=O)O)=C(CO)CS[C@H]12. The van der Waals surface area contributed by atoms with Gasteiger partial charge in [-0.3, -0.25) is 43.5 Å². The van der Waals surface area contributed by atoms with Crippen molar-refractivity contribution in [1.82, 2.24) is 30.7 Å². The van der Waals surface area contributed by atoms with E-state index in [0.29, 0.717) is 0 Å². The number of nitrogens with one attached hydrogen (secondary N) is 3. The van der Waals surface area contributed by atoms with Gasteiger partial charge < -0.3 is 60.8 Å². The number of fused-ring (bicyclic) bond motifs is 3. The minimum absolute atomic E-state index is 0.105. The lowest BCUT2D eigenvalue weighted by Gasteiger charge is -2.49. The first-order valence-electron chi connectivity index (χ1n) is 18.5. The molecule has 24 nitrogen and oxygen atoms in total. The van der Waals surface area contributed by atoms with Crippen molar-refractivity contribution in [1.29, 1.82) is 0 Å². The average molecular weight is 937 g/mol. The van der Waals surface area contributed by atoms with Gasteiger partial charge in [-0.05, 0) is 16.7 Å². The lowest BCUT2D eigenvalue weighted by molar-refractivity contribution is -0.151. The molecule has 0 bridgehead atoms. The normalized spacial score (nSPS) is 24.8. The van der Waals surface area contributed by atoms with Gasteiger partial charge in [0.05, 0.1) is 19.8 Å². The Morgan fingerprint density at radius 1 is 0.508 bits per heavy atom. The maximum atomic E-state index is 13.0. The van der Waals surface area contributed by atoms with Crippen molar-refractivity contribution in [3.63, 3.8) is 0 Å². The smallest absolute Gasteiger partial charge is 0.352 e. The third-order valence-electron chi connectivity index (χ3n) is 10.2. The predicted octanol–water partition coefficient (Wildman–Crippen LogP) is -3.98. The first kappa shape index (κ1) is 45.0. The van der Waals surface area contributed by atoms with Crippen molar-refractivity contribution >= 4 is 88.6 Å². The number of aliphatic hydroxyl groups excluding tert-OH is 3. The van der Waals surface area contributed by atoms with Crippen LogP contribution in [0.1, 0.15) is 0 Å². The third kappa shape index (κ3) is 8.57. The highest BCUT2D eigenvalue weighted by molar-refractivity contribution is 8.00. The van der Waals surface area contributed by atoms with Gasteiger partial charge in [0.25, 0.3) is 35.4 Å². The third-order valence-corrected chi connectivity index (χ3v) is 14.3. The summed E-state index contributed by atoms with van der Waals surface area (Å²) < 4.78 is 16.9. The van der Waals surface area contributed by atoms with Crippen LogP contribution in [-0.4, -0.2) is 190 Å². The molecule has 0 aromatic heterocycles. The average Bonchev–Trinajstić information content (AvgIpc) is 3.27. The molecule has 9 N–H and O–H groups in total. The zero-order valence-corrected chi connectivity index (χ0v) is 34.7. The summed E-state index contributed by atoms with van der Waals surface area (Å²) in [6, 6.07) is 0.393. The van der Waals surface area contributed by atoms with Crippen LogP contribution < -0.4 is 30.2 Å². The summed E-state index contributed by atoms with van der Waals surface area (Å²) >= 11 is 3.43. The number of hydrogen-bond donors (Lipinski definition) is 9. The van der Waals surface area contributed by atoms with Crippen molar-refractivity contribution in [3.8, 4) is 17.2 Å². The number of benzene rings is 1. The Kier molecular flexibility index (Phi) is 13.1. The van der Waals surface area contributed by atoms with Crippen LogP contribution in [0, 0.1) is 0 Å². The lowest BCUT2D eigenvalue weighted by Crippen LogP contribution is -2.71. The van der Waals surface area contributed by atoms with Crippen LogP contribution in [0.2, 0.25) is 0 Å². The summed E-state index contributed by atoms with van der Waals surface area (Å²) in [5.41, 5.74) is -0.635. The minimum atomic E-state index is -1.41. The van der Waals surface area contributed by atoms with E-state index in [4.69, 9.17) is 14.2 Å². The molecule has 0 unspecified atom stereocenters. The maximum absolute atomic E-state index is 13.0. The van der Waals surface area contributed by atoms with Gasteiger partial charge in [0.2, 0.25) is 0 Å². The molecule has 6 heterocycles. The summed E-state index contributed by atoms with van der Waals surface area (Å²) in [6.07, 6.45) is 0. The molecule has 0 saturated carbocycles. The Morgan fingerprint density at radius 2 is 0.762 bits per heavy atom. The van der Waals surface area contributed by atoms with Crippen LogP contribution in [0.5, 0.6) is 17.2 Å². The molecule has 27 heteroatoms. The summed E-state index contributed by atoms with van der Waals surface area (Å²) in [6.45, 7) is -3.83. The van der Waals surface area contributed by atoms with E-state index in [1.165, 1.54) is 18.2 Å². The van der Waals surface area contributed by atoms with E-state index < -0.39 is 127 Å². The largest absolute Gasteiger partial charge is 0.484 e. The molecule has 336 valence electrons. The zero-order valence-electron chi connectivity index (χ0n) is 32.2. The van der Waals surface area contributed by atoms with Crippen molar-refractivity contribution < 1.29 is 88.0 Å². The fraction of sp³-hybridized carbons (Fsp3) is 0.417. The summed E-state index contributed by atoms with van der Waals surface area (Å²) in [5, 5.41) is 62.6. The van der Waals surface area contributed by atoms with Gasteiger partial charge in [0.15, 0.2) is 19.8 Å². The maximum Gasteiger partial charge on any atom is 0.352 e.